The van der Waals surface area contributed by atoms with E-state index in [1.807, 2.05) is 6.07 Å². The van der Waals surface area contributed by atoms with E-state index in [4.69, 9.17) is 0 Å². The van der Waals surface area contributed by atoms with Crippen molar-refractivity contribution in [1.82, 2.24) is 5.32 Å². The molecule has 0 fully saturated rings. The number of hydrogen-bond donors (Lipinski definition) is 0. The molecule has 1 heterocycles. The molecule has 1 aliphatic rings. The summed E-state index contributed by atoms with van der Waals surface area (Å²) in [7, 11) is 0. The highest BCUT2D eigenvalue weighted by Crippen LogP contribution is 2.12. The van der Waals surface area contributed by atoms with E-state index in [-0.39, 0.29) is 0 Å². The second-order valence-corrected chi connectivity index (χ2v) is 2.55. The number of fused-ring (bicyclic) bond motifs is 1. The van der Waals surface area contributed by atoms with Gasteiger partial charge in [0.05, 0.1) is 0 Å². The van der Waals surface area contributed by atoms with Crippen LogP contribution in [0, 0.1) is 6.07 Å². The topological polar surface area (TPSA) is 14.1 Å². The fourth-order valence-corrected chi connectivity index (χ4v) is 1.28. The number of nitrogens with zero attached hydrogens (tertiary/aromatic N) is 1. The van der Waals surface area contributed by atoms with Crippen LogP contribution < -0.4 is 5.32 Å². The van der Waals surface area contributed by atoms with Crippen molar-refractivity contribution in [3.63, 3.8) is 0 Å². The first kappa shape index (κ1) is 5.93. The van der Waals surface area contributed by atoms with Crippen molar-refractivity contribution in [2.24, 2.45) is 0 Å². The lowest BCUT2D eigenvalue weighted by molar-refractivity contribution is 0.630. The van der Waals surface area contributed by atoms with Crippen molar-refractivity contribution >= 4 is 0 Å². The van der Waals surface area contributed by atoms with Crippen LogP contribution in [-0.4, -0.2) is 6.54 Å². The Morgan fingerprint density at radius 1 is 1.40 bits per heavy atom. The van der Waals surface area contributed by atoms with E-state index in [0.717, 1.165) is 19.5 Å². The summed E-state index contributed by atoms with van der Waals surface area (Å²) in [5.74, 6) is 0. The maximum absolute atomic E-state index is 4.30. The number of benzene rings is 1. The van der Waals surface area contributed by atoms with E-state index in [1.165, 1.54) is 11.1 Å². The third kappa shape index (κ3) is 0.929. The van der Waals surface area contributed by atoms with Crippen molar-refractivity contribution < 1.29 is 0 Å². The van der Waals surface area contributed by atoms with E-state index in [1.54, 1.807) is 0 Å². The van der Waals surface area contributed by atoms with Gasteiger partial charge in [0.1, 0.15) is 0 Å². The summed E-state index contributed by atoms with van der Waals surface area (Å²) in [6.07, 6.45) is 1.10. The molecule has 1 nitrogen and oxygen atoms in total. The van der Waals surface area contributed by atoms with Gasteiger partial charge in [-0.1, -0.05) is 18.2 Å². The van der Waals surface area contributed by atoms with Gasteiger partial charge in [-0.05, 0) is 23.6 Å². The molecule has 0 N–H and O–H groups in total. The Morgan fingerprint density at radius 2 is 2.40 bits per heavy atom. The Bertz CT molecular complexity index is 205. The molecule has 2 radical (unpaired) electrons. The minimum atomic E-state index is 0.907. The minimum Gasteiger partial charge on any atom is -0.237 e. The molecule has 0 amide bonds. The fraction of sp³-hybridized carbons (Fsp3) is 0.333. The summed E-state index contributed by atoms with van der Waals surface area (Å²) in [6.45, 7) is 1.90. The van der Waals surface area contributed by atoms with Gasteiger partial charge in [0.2, 0.25) is 0 Å². The normalized spacial score (nSPS) is 16.4. The van der Waals surface area contributed by atoms with Crippen molar-refractivity contribution in [2.45, 2.75) is 13.0 Å². The molecule has 2 rings (SSSR count). The highest BCUT2D eigenvalue weighted by atomic mass is 14.9. The van der Waals surface area contributed by atoms with Gasteiger partial charge in [-0.2, -0.15) is 0 Å². The van der Waals surface area contributed by atoms with Crippen molar-refractivity contribution in [1.29, 1.82) is 0 Å². The Balaban J connectivity index is 2.41. The maximum atomic E-state index is 4.30. The molecule has 0 bridgehead atoms. The lowest BCUT2D eigenvalue weighted by atomic mass is 10.0. The first-order valence-electron chi connectivity index (χ1n) is 3.58. The quantitative estimate of drug-likeness (QED) is 0.501. The molecule has 0 aliphatic carbocycles. The Labute approximate surface area is 61.1 Å². The van der Waals surface area contributed by atoms with Gasteiger partial charge in [-0.25, -0.2) is 5.32 Å². The molecular weight excluding hydrogens is 122 g/mol. The summed E-state index contributed by atoms with van der Waals surface area (Å²) in [6, 6.07) is 9.22. The molecule has 1 aromatic rings. The molecular formula is C9H9N. The Kier molecular flexibility index (Phi) is 1.44. The van der Waals surface area contributed by atoms with E-state index in [0.29, 0.717) is 0 Å². The van der Waals surface area contributed by atoms with Crippen molar-refractivity contribution in [2.75, 3.05) is 6.54 Å². The largest absolute Gasteiger partial charge is 0.237 e. The van der Waals surface area contributed by atoms with Crippen LogP contribution in [0.3, 0.4) is 0 Å². The van der Waals surface area contributed by atoms with Crippen LogP contribution in [0.5, 0.6) is 0 Å². The van der Waals surface area contributed by atoms with Gasteiger partial charge in [-0.15, -0.1) is 0 Å². The first-order valence-corrected chi connectivity index (χ1v) is 3.58. The zero-order valence-corrected chi connectivity index (χ0v) is 5.80. The lowest BCUT2D eigenvalue weighted by Gasteiger charge is -2.13. The van der Waals surface area contributed by atoms with E-state index < -0.39 is 0 Å². The summed E-state index contributed by atoms with van der Waals surface area (Å²) in [5, 5.41) is 4.30. The predicted molar refractivity (Wildman–Crippen MR) is 39.7 cm³/mol. The predicted octanol–water partition coefficient (Wildman–Crippen LogP) is 1.15. The molecule has 0 saturated carbocycles. The minimum absolute atomic E-state index is 0.907. The average molecular weight is 131 g/mol. The van der Waals surface area contributed by atoms with Gasteiger partial charge in [-0.3, -0.25) is 0 Å². The van der Waals surface area contributed by atoms with Gasteiger partial charge in [0.15, 0.2) is 0 Å². The molecule has 50 valence electrons. The van der Waals surface area contributed by atoms with Crippen molar-refractivity contribution in [3.05, 3.63) is 35.4 Å². The Morgan fingerprint density at radius 3 is 3.30 bits per heavy atom. The molecule has 0 unspecified atom stereocenters. The molecule has 0 atom stereocenters. The van der Waals surface area contributed by atoms with Crippen LogP contribution in [0.15, 0.2) is 18.2 Å². The average Bonchev–Trinajstić information content (AvgIpc) is 2.05. The van der Waals surface area contributed by atoms with E-state index >= 15 is 0 Å². The molecule has 1 aromatic carbocycles. The number of rotatable bonds is 0. The highest BCUT2D eigenvalue weighted by Gasteiger charge is 2.06. The third-order valence-electron chi connectivity index (χ3n) is 1.87. The van der Waals surface area contributed by atoms with Crippen LogP contribution in [0.1, 0.15) is 11.1 Å². The van der Waals surface area contributed by atoms with Gasteiger partial charge in [0, 0.05) is 13.1 Å². The standard InChI is InChI=1S/C9H9N/c1-2-4-9-7-10-6-5-8(9)3-1/h2-4H,5-7H2. The smallest absolute Gasteiger partial charge is 0.0387 e. The summed E-state index contributed by atoms with van der Waals surface area (Å²) >= 11 is 0. The van der Waals surface area contributed by atoms with Crippen LogP contribution in [-0.2, 0) is 13.0 Å². The van der Waals surface area contributed by atoms with Gasteiger partial charge >= 0.3 is 0 Å². The highest BCUT2D eigenvalue weighted by molar-refractivity contribution is 5.28. The molecule has 10 heavy (non-hydrogen) atoms. The van der Waals surface area contributed by atoms with Gasteiger partial charge < -0.3 is 0 Å². The van der Waals surface area contributed by atoms with Crippen LogP contribution in [0.25, 0.3) is 0 Å². The number of hydrogen-bond acceptors (Lipinski definition) is 0. The molecule has 1 heteroatoms. The van der Waals surface area contributed by atoms with Crippen LogP contribution >= 0.6 is 0 Å². The second-order valence-electron chi connectivity index (χ2n) is 2.55. The van der Waals surface area contributed by atoms with E-state index in [2.05, 4.69) is 23.5 Å². The Hall–Kier alpha value is -0.820. The van der Waals surface area contributed by atoms with Crippen LogP contribution in [0.2, 0.25) is 0 Å². The first-order chi connectivity index (χ1) is 4.97. The van der Waals surface area contributed by atoms with Crippen molar-refractivity contribution in [3.8, 4) is 0 Å². The SMILES string of the molecule is [c]1ccc2c(c1)CC[N]C2. The zero-order chi connectivity index (χ0) is 6.81. The lowest BCUT2D eigenvalue weighted by Crippen LogP contribution is -2.16. The maximum Gasteiger partial charge on any atom is 0.0387 e. The zero-order valence-electron chi connectivity index (χ0n) is 5.80. The molecule has 0 spiro atoms. The molecule has 1 aliphatic heterocycles. The van der Waals surface area contributed by atoms with Gasteiger partial charge in [0.25, 0.3) is 0 Å². The monoisotopic (exact) mass is 131 g/mol. The molecule has 0 aromatic heterocycles. The summed E-state index contributed by atoms with van der Waals surface area (Å²) in [4.78, 5) is 0. The van der Waals surface area contributed by atoms with Crippen LogP contribution in [0.4, 0.5) is 0 Å². The molecule has 0 saturated heterocycles. The summed E-state index contributed by atoms with van der Waals surface area (Å²) < 4.78 is 0. The third-order valence-corrected chi connectivity index (χ3v) is 1.87. The second kappa shape index (κ2) is 2.43. The fourth-order valence-electron chi connectivity index (χ4n) is 1.28. The summed E-state index contributed by atoms with van der Waals surface area (Å²) in [5.41, 5.74) is 2.81. The van der Waals surface area contributed by atoms with E-state index in [9.17, 15) is 0 Å².